The van der Waals surface area contributed by atoms with Crippen LogP contribution in [0.2, 0.25) is 0 Å². The predicted molar refractivity (Wildman–Crippen MR) is 55.2 cm³/mol. The highest BCUT2D eigenvalue weighted by Gasteiger charge is 2.03. The first-order valence-electron chi connectivity index (χ1n) is 4.86. The van der Waals surface area contributed by atoms with E-state index in [9.17, 15) is 5.11 Å². The molecule has 0 spiro atoms. The lowest BCUT2D eigenvalue weighted by Gasteiger charge is -2.03. The molecule has 0 saturated heterocycles. The molecule has 1 unspecified atom stereocenters. The van der Waals surface area contributed by atoms with Crippen LogP contribution in [-0.2, 0) is 6.42 Å². The van der Waals surface area contributed by atoms with Gasteiger partial charge in [0.25, 0.3) is 0 Å². The number of aromatic nitrogens is 2. The van der Waals surface area contributed by atoms with Crippen LogP contribution in [-0.4, -0.2) is 20.6 Å². The summed E-state index contributed by atoms with van der Waals surface area (Å²) in [7, 11) is 0. The minimum Gasteiger partial charge on any atom is -0.393 e. The molecule has 3 nitrogen and oxygen atoms in total. The molecule has 2 aromatic rings. The summed E-state index contributed by atoms with van der Waals surface area (Å²) in [6.45, 7) is 1.81. The molecule has 0 aliphatic heterocycles. The topological polar surface area (TPSA) is 37.5 Å². The van der Waals surface area contributed by atoms with Crippen molar-refractivity contribution in [2.75, 3.05) is 0 Å². The van der Waals surface area contributed by atoms with E-state index in [1.165, 1.54) is 0 Å². The third kappa shape index (κ3) is 1.77. The Bertz CT molecular complexity index is 420. The SMILES string of the molecule is CC(O)CCc1cnc2ccccn12. The maximum absolute atomic E-state index is 9.19. The molecule has 0 amide bonds. The molecular weight excluding hydrogens is 176 g/mol. The van der Waals surface area contributed by atoms with Gasteiger partial charge in [-0.1, -0.05) is 6.07 Å². The van der Waals surface area contributed by atoms with E-state index in [1.807, 2.05) is 37.5 Å². The molecule has 0 saturated carbocycles. The fourth-order valence-corrected chi connectivity index (χ4v) is 1.53. The summed E-state index contributed by atoms with van der Waals surface area (Å²) in [6.07, 6.45) is 5.27. The van der Waals surface area contributed by atoms with Crippen molar-refractivity contribution < 1.29 is 5.11 Å². The Morgan fingerprint density at radius 1 is 1.50 bits per heavy atom. The lowest BCUT2D eigenvalue weighted by molar-refractivity contribution is 0.184. The van der Waals surface area contributed by atoms with E-state index in [4.69, 9.17) is 0 Å². The number of nitrogens with zero attached hydrogens (tertiary/aromatic N) is 2. The average molecular weight is 190 g/mol. The van der Waals surface area contributed by atoms with E-state index in [-0.39, 0.29) is 6.10 Å². The highest BCUT2D eigenvalue weighted by Crippen LogP contribution is 2.09. The van der Waals surface area contributed by atoms with Crippen molar-refractivity contribution in [3.63, 3.8) is 0 Å². The summed E-state index contributed by atoms with van der Waals surface area (Å²) in [5.74, 6) is 0. The van der Waals surface area contributed by atoms with E-state index >= 15 is 0 Å². The van der Waals surface area contributed by atoms with E-state index < -0.39 is 0 Å². The maximum Gasteiger partial charge on any atom is 0.136 e. The van der Waals surface area contributed by atoms with Gasteiger partial charge in [-0.25, -0.2) is 4.98 Å². The molecule has 0 radical (unpaired) electrons. The number of rotatable bonds is 3. The van der Waals surface area contributed by atoms with Crippen LogP contribution < -0.4 is 0 Å². The maximum atomic E-state index is 9.19. The van der Waals surface area contributed by atoms with Crippen molar-refractivity contribution in [3.05, 3.63) is 36.3 Å². The third-order valence-electron chi connectivity index (χ3n) is 2.31. The summed E-state index contributed by atoms with van der Waals surface area (Å²) in [5.41, 5.74) is 2.12. The Hall–Kier alpha value is -1.35. The second kappa shape index (κ2) is 3.80. The summed E-state index contributed by atoms with van der Waals surface area (Å²) in [4.78, 5) is 4.28. The van der Waals surface area contributed by atoms with E-state index in [1.54, 1.807) is 0 Å². The fourth-order valence-electron chi connectivity index (χ4n) is 1.53. The van der Waals surface area contributed by atoms with Gasteiger partial charge in [-0.15, -0.1) is 0 Å². The molecular formula is C11H14N2O. The van der Waals surface area contributed by atoms with Gasteiger partial charge in [0.15, 0.2) is 0 Å². The van der Waals surface area contributed by atoms with Crippen molar-refractivity contribution in [3.8, 4) is 0 Å². The lowest BCUT2D eigenvalue weighted by Crippen LogP contribution is -2.02. The second-order valence-electron chi connectivity index (χ2n) is 3.57. The molecule has 2 heterocycles. The minimum absolute atomic E-state index is 0.246. The molecule has 2 rings (SSSR count). The second-order valence-corrected chi connectivity index (χ2v) is 3.57. The van der Waals surface area contributed by atoms with Crippen LogP contribution in [0.1, 0.15) is 19.0 Å². The number of aryl methyl sites for hydroxylation is 1. The number of imidazole rings is 1. The van der Waals surface area contributed by atoms with Gasteiger partial charge in [-0.05, 0) is 31.9 Å². The molecule has 3 heteroatoms. The number of hydrogen-bond acceptors (Lipinski definition) is 2. The molecule has 1 N–H and O–H groups in total. The van der Waals surface area contributed by atoms with Crippen molar-refractivity contribution >= 4 is 5.65 Å². The molecule has 0 aliphatic rings. The van der Waals surface area contributed by atoms with Gasteiger partial charge in [-0.2, -0.15) is 0 Å². The van der Waals surface area contributed by atoms with Gasteiger partial charge in [0.05, 0.1) is 6.10 Å². The molecule has 74 valence electrons. The number of pyridine rings is 1. The number of aliphatic hydroxyl groups excluding tert-OH is 1. The smallest absolute Gasteiger partial charge is 0.136 e. The van der Waals surface area contributed by atoms with Crippen molar-refractivity contribution in [2.24, 2.45) is 0 Å². The van der Waals surface area contributed by atoms with Gasteiger partial charge in [0, 0.05) is 18.1 Å². The van der Waals surface area contributed by atoms with Crippen LogP contribution in [0.5, 0.6) is 0 Å². The van der Waals surface area contributed by atoms with Crippen LogP contribution in [0, 0.1) is 0 Å². The van der Waals surface area contributed by atoms with Crippen molar-refractivity contribution in [1.29, 1.82) is 0 Å². The number of fused-ring (bicyclic) bond motifs is 1. The highest BCUT2D eigenvalue weighted by molar-refractivity contribution is 5.39. The zero-order valence-electron chi connectivity index (χ0n) is 8.22. The largest absolute Gasteiger partial charge is 0.393 e. The van der Waals surface area contributed by atoms with Crippen molar-refractivity contribution in [1.82, 2.24) is 9.38 Å². The quantitative estimate of drug-likeness (QED) is 0.799. The Morgan fingerprint density at radius 2 is 2.36 bits per heavy atom. The van der Waals surface area contributed by atoms with Gasteiger partial charge >= 0.3 is 0 Å². The molecule has 14 heavy (non-hydrogen) atoms. The number of hydrogen-bond donors (Lipinski definition) is 1. The summed E-state index contributed by atoms with van der Waals surface area (Å²) in [6, 6.07) is 5.94. The standard InChI is InChI=1S/C11H14N2O/c1-9(14)5-6-10-8-12-11-4-2-3-7-13(10)11/h2-4,7-9,14H,5-6H2,1H3. The molecule has 0 bridgehead atoms. The fraction of sp³-hybridized carbons (Fsp3) is 0.364. The van der Waals surface area contributed by atoms with Crippen LogP contribution in [0.25, 0.3) is 5.65 Å². The molecule has 0 aromatic carbocycles. The predicted octanol–water partition coefficient (Wildman–Crippen LogP) is 1.65. The summed E-state index contributed by atoms with van der Waals surface area (Å²) in [5, 5.41) is 9.19. The zero-order chi connectivity index (χ0) is 9.97. The Kier molecular flexibility index (Phi) is 2.50. The Morgan fingerprint density at radius 3 is 3.14 bits per heavy atom. The monoisotopic (exact) mass is 190 g/mol. The average Bonchev–Trinajstić information content (AvgIpc) is 2.58. The lowest BCUT2D eigenvalue weighted by atomic mass is 10.2. The first-order chi connectivity index (χ1) is 6.77. The molecule has 0 fully saturated rings. The van der Waals surface area contributed by atoms with Gasteiger partial charge in [0.2, 0.25) is 0 Å². The van der Waals surface area contributed by atoms with Crippen molar-refractivity contribution in [2.45, 2.75) is 25.9 Å². The van der Waals surface area contributed by atoms with E-state index in [0.717, 1.165) is 24.2 Å². The molecule has 2 aromatic heterocycles. The van der Waals surface area contributed by atoms with Crippen LogP contribution in [0.4, 0.5) is 0 Å². The summed E-state index contributed by atoms with van der Waals surface area (Å²) >= 11 is 0. The Balaban J connectivity index is 2.25. The zero-order valence-corrected chi connectivity index (χ0v) is 8.22. The van der Waals surface area contributed by atoms with Gasteiger partial charge < -0.3 is 9.51 Å². The van der Waals surface area contributed by atoms with Gasteiger partial charge in [0.1, 0.15) is 5.65 Å². The first-order valence-corrected chi connectivity index (χ1v) is 4.86. The van der Waals surface area contributed by atoms with Crippen LogP contribution >= 0.6 is 0 Å². The minimum atomic E-state index is -0.246. The molecule has 0 aliphatic carbocycles. The molecule has 1 atom stereocenters. The van der Waals surface area contributed by atoms with E-state index in [2.05, 4.69) is 9.38 Å². The van der Waals surface area contributed by atoms with Gasteiger partial charge in [-0.3, -0.25) is 0 Å². The highest BCUT2D eigenvalue weighted by atomic mass is 16.3. The van der Waals surface area contributed by atoms with Crippen LogP contribution in [0.3, 0.4) is 0 Å². The normalized spacial score (nSPS) is 13.3. The third-order valence-corrected chi connectivity index (χ3v) is 2.31. The van der Waals surface area contributed by atoms with E-state index in [0.29, 0.717) is 0 Å². The number of aliphatic hydroxyl groups is 1. The first kappa shape index (κ1) is 9.21. The summed E-state index contributed by atoms with van der Waals surface area (Å²) < 4.78 is 2.06. The van der Waals surface area contributed by atoms with Crippen LogP contribution in [0.15, 0.2) is 30.6 Å². The Labute approximate surface area is 83.0 Å².